The lowest BCUT2D eigenvalue weighted by atomic mass is 10.1. The summed E-state index contributed by atoms with van der Waals surface area (Å²) in [6, 6.07) is 23.3. The molecule has 0 bridgehead atoms. The van der Waals surface area contributed by atoms with Crippen LogP contribution in [0, 0.1) is 0 Å². The van der Waals surface area contributed by atoms with Crippen molar-refractivity contribution in [3.63, 3.8) is 0 Å². The van der Waals surface area contributed by atoms with Gasteiger partial charge >= 0.3 is 5.63 Å². The molecule has 0 spiro atoms. The van der Waals surface area contributed by atoms with Crippen molar-refractivity contribution >= 4 is 55.8 Å². The van der Waals surface area contributed by atoms with Crippen molar-refractivity contribution in [2.24, 2.45) is 0 Å². The third-order valence-electron chi connectivity index (χ3n) is 4.41. The lowest BCUT2D eigenvalue weighted by molar-refractivity contribution is 0.0977. The van der Waals surface area contributed by atoms with Gasteiger partial charge in [-0.15, -0.1) is 0 Å². The van der Waals surface area contributed by atoms with E-state index in [0.717, 1.165) is 9.86 Å². The van der Waals surface area contributed by atoms with Gasteiger partial charge < -0.3 is 9.73 Å². The van der Waals surface area contributed by atoms with E-state index in [0.29, 0.717) is 28.0 Å². The van der Waals surface area contributed by atoms with Crippen LogP contribution in [-0.2, 0) is 0 Å². The number of nitrogens with one attached hydrogen (secondary N) is 2. The van der Waals surface area contributed by atoms with Gasteiger partial charge in [0.2, 0.25) is 0 Å². The summed E-state index contributed by atoms with van der Waals surface area (Å²) in [5.74, 6) is -0.314. The van der Waals surface area contributed by atoms with Crippen molar-refractivity contribution in [1.82, 2.24) is 5.32 Å². The van der Waals surface area contributed by atoms with Gasteiger partial charge in [0.05, 0.1) is 5.56 Å². The maximum absolute atomic E-state index is 12.4. The van der Waals surface area contributed by atoms with Crippen molar-refractivity contribution in [2.45, 2.75) is 0 Å². The highest BCUT2D eigenvalue weighted by atomic mass is 79.9. The number of carbonyl (C=O) groups excluding carboxylic acids is 1. The van der Waals surface area contributed by atoms with E-state index in [-0.39, 0.29) is 11.0 Å². The molecule has 4 aromatic rings. The molecule has 0 radical (unpaired) electrons. The molecule has 1 heterocycles. The number of benzene rings is 3. The first-order chi connectivity index (χ1) is 14.5. The van der Waals surface area contributed by atoms with Crippen LogP contribution >= 0.6 is 28.1 Å². The van der Waals surface area contributed by atoms with Gasteiger partial charge in [-0.05, 0) is 66.3 Å². The van der Waals surface area contributed by atoms with E-state index in [1.165, 1.54) is 0 Å². The van der Waals surface area contributed by atoms with Crippen molar-refractivity contribution in [3.8, 4) is 11.1 Å². The number of carbonyl (C=O) groups is 1. The van der Waals surface area contributed by atoms with Crippen molar-refractivity contribution in [1.29, 1.82) is 0 Å². The van der Waals surface area contributed by atoms with Gasteiger partial charge in [0.1, 0.15) is 5.58 Å². The fourth-order valence-electron chi connectivity index (χ4n) is 2.97. The summed E-state index contributed by atoms with van der Waals surface area (Å²) in [6.45, 7) is 0. The molecule has 3 aromatic carbocycles. The number of rotatable bonds is 3. The number of anilines is 1. The van der Waals surface area contributed by atoms with Crippen LogP contribution in [0.3, 0.4) is 0 Å². The topological polar surface area (TPSA) is 71.3 Å². The van der Waals surface area contributed by atoms with Gasteiger partial charge in [-0.25, -0.2) is 4.79 Å². The lowest BCUT2D eigenvalue weighted by Crippen LogP contribution is -2.34. The molecule has 1 aromatic heterocycles. The zero-order chi connectivity index (χ0) is 21.1. The first-order valence-electron chi connectivity index (χ1n) is 9.01. The van der Waals surface area contributed by atoms with Crippen LogP contribution in [0.15, 0.2) is 92.5 Å². The number of thiocarbonyl (C=S) groups is 1. The van der Waals surface area contributed by atoms with E-state index < -0.39 is 5.63 Å². The van der Waals surface area contributed by atoms with E-state index in [1.54, 1.807) is 54.6 Å². The van der Waals surface area contributed by atoms with Crippen LogP contribution in [0.5, 0.6) is 0 Å². The summed E-state index contributed by atoms with van der Waals surface area (Å²) >= 11 is 8.59. The molecular formula is C23H15BrN2O3S. The van der Waals surface area contributed by atoms with Gasteiger partial charge in [-0.3, -0.25) is 10.1 Å². The largest absolute Gasteiger partial charge is 0.422 e. The first kappa shape index (κ1) is 20.0. The quantitative estimate of drug-likeness (QED) is 0.306. The van der Waals surface area contributed by atoms with Gasteiger partial charge in [-0.2, -0.15) is 0 Å². The Bertz CT molecular complexity index is 1320. The Morgan fingerprint density at radius 1 is 0.933 bits per heavy atom. The highest BCUT2D eigenvalue weighted by Crippen LogP contribution is 2.23. The van der Waals surface area contributed by atoms with Crippen LogP contribution in [0.25, 0.3) is 22.1 Å². The van der Waals surface area contributed by atoms with E-state index in [4.69, 9.17) is 16.6 Å². The molecule has 0 aliphatic rings. The molecule has 148 valence electrons. The van der Waals surface area contributed by atoms with Crippen LogP contribution in [-0.4, -0.2) is 11.0 Å². The molecule has 0 aliphatic carbocycles. The second-order valence-corrected chi connectivity index (χ2v) is 7.81. The summed E-state index contributed by atoms with van der Waals surface area (Å²) in [5.41, 5.74) is 2.38. The summed E-state index contributed by atoms with van der Waals surface area (Å²) in [7, 11) is 0. The maximum Gasteiger partial charge on any atom is 0.344 e. The van der Waals surface area contributed by atoms with Gasteiger partial charge in [0.25, 0.3) is 5.91 Å². The minimum Gasteiger partial charge on any atom is -0.422 e. The van der Waals surface area contributed by atoms with Gasteiger partial charge in [-0.1, -0.05) is 46.3 Å². The predicted molar refractivity (Wildman–Crippen MR) is 126 cm³/mol. The molecule has 4 rings (SSSR count). The standard InChI is InChI=1S/C23H15BrN2O3S/c24-17-10-8-14(9-11-17)21(27)26-23(30)25-18-6-3-5-15(12-18)19-13-16-4-1-2-7-20(16)29-22(19)28/h1-13H,(H2,25,26,27,30). The van der Waals surface area contributed by atoms with Gasteiger partial charge in [0, 0.05) is 21.1 Å². The minimum atomic E-state index is -0.419. The summed E-state index contributed by atoms with van der Waals surface area (Å²) in [5, 5.41) is 6.62. The van der Waals surface area contributed by atoms with E-state index in [2.05, 4.69) is 26.6 Å². The normalized spacial score (nSPS) is 10.6. The molecule has 0 saturated heterocycles. The van der Waals surface area contributed by atoms with E-state index >= 15 is 0 Å². The molecule has 5 nitrogen and oxygen atoms in total. The average Bonchev–Trinajstić information content (AvgIpc) is 2.73. The van der Waals surface area contributed by atoms with Crippen LogP contribution in [0.1, 0.15) is 10.4 Å². The lowest BCUT2D eigenvalue weighted by Gasteiger charge is -2.11. The molecule has 0 atom stereocenters. The Hall–Kier alpha value is -3.29. The monoisotopic (exact) mass is 478 g/mol. The van der Waals surface area contributed by atoms with Crippen LogP contribution in [0.4, 0.5) is 5.69 Å². The van der Waals surface area contributed by atoms with E-state index in [9.17, 15) is 9.59 Å². The Morgan fingerprint density at radius 3 is 2.50 bits per heavy atom. The molecule has 0 aliphatic heterocycles. The average molecular weight is 479 g/mol. The Morgan fingerprint density at radius 2 is 1.70 bits per heavy atom. The minimum absolute atomic E-state index is 0.158. The number of para-hydroxylation sites is 1. The number of fused-ring (bicyclic) bond motifs is 1. The molecule has 30 heavy (non-hydrogen) atoms. The number of halogens is 1. The smallest absolute Gasteiger partial charge is 0.344 e. The molecular weight excluding hydrogens is 464 g/mol. The van der Waals surface area contributed by atoms with Crippen LogP contribution in [0.2, 0.25) is 0 Å². The summed E-state index contributed by atoms with van der Waals surface area (Å²) < 4.78 is 6.30. The third-order valence-corrected chi connectivity index (χ3v) is 5.14. The Kier molecular flexibility index (Phi) is 5.74. The maximum atomic E-state index is 12.4. The summed E-state index contributed by atoms with van der Waals surface area (Å²) in [6.07, 6.45) is 0. The molecule has 0 saturated carbocycles. The predicted octanol–water partition coefficient (Wildman–Crippen LogP) is 5.35. The number of hydrogen-bond acceptors (Lipinski definition) is 4. The fourth-order valence-corrected chi connectivity index (χ4v) is 3.44. The molecule has 2 N–H and O–H groups in total. The van der Waals surface area contributed by atoms with Crippen molar-refractivity contribution in [2.75, 3.05) is 5.32 Å². The second kappa shape index (κ2) is 8.61. The zero-order valence-electron chi connectivity index (χ0n) is 15.5. The molecule has 7 heteroatoms. The molecule has 1 amide bonds. The zero-order valence-corrected chi connectivity index (χ0v) is 17.9. The van der Waals surface area contributed by atoms with Gasteiger partial charge in [0.15, 0.2) is 5.11 Å². The van der Waals surface area contributed by atoms with E-state index in [1.807, 2.05) is 24.3 Å². The second-order valence-electron chi connectivity index (χ2n) is 6.48. The summed E-state index contributed by atoms with van der Waals surface area (Å²) in [4.78, 5) is 24.7. The molecule has 0 fully saturated rings. The third kappa shape index (κ3) is 4.48. The molecule has 0 unspecified atom stereocenters. The number of amides is 1. The van der Waals surface area contributed by atoms with Crippen molar-refractivity contribution in [3.05, 3.63) is 99.3 Å². The van der Waals surface area contributed by atoms with Crippen molar-refractivity contribution < 1.29 is 9.21 Å². The fraction of sp³-hybridized carbons (Fsp3) is 0. The first-order valence-corrected chi connectivity index (χ1v) is 10.2. The SMILES string of the molecule is O=C(NC(=S)Nc1cccc(-c2cc3ccccc3oc2=O)c1)c1ccc(Br)cc1. The Labute approximate surface area is 185 Å². The number of hydrogen-bond donors (Lipinski definition) is 2. The highest BCUT2D eigenvalue weighted by molar-refractivity contribution is 9.10. The Balaban J connectivity index is 1.53. The highest BCUT2D eigenvalue weighted by Gasteiger charge is 2.10. The van der Waals surface area contributed by atoms with Crippen LogP contribution < -0.4 is 16.3 Å².